The molecule has 1 heterocycles. The largest absolute Gasteiger partial charge is 0.371 e. The quantitative estimate of drug-likeness (QED) is 0.807. The van der Waals surface area contributed by atoms with E-state index >= 15 is 0 Å². The summed E-state index contributed by atoms with van der Waals surface area (Å²) < 4.78 is 9.49. The predicted octanol–water partition coefficient (Wildman–Crippen LogP) is 1.85. The molecule has 0 bridgehead atoms. The minimum Gasteiger partial charge on any atom is -0.371 e. The fraction of sp³-hybridized carbons (Fsp3) is 0.750. The molecule has 0 radical (unpaired) electrons. The highest BCUT2D eigenvalue weighted by Gasteiger charge is 2.24. The summed E-state index contributed by atoms with van der Waals surface area (Å²) >= 11 is 1.36. The van der Waals surface area contributed by atoms with Crippen molar-refractivity contribution in [1.82, 2.24) is 9.36 Å². The molecular formula is C8H15N3OS. The molecule has 1 N–H and O–H groups in total. The summed E-state index contributed by atoms with van der Waals surface area (Å²) in [6.07, 6.45) is 0. The highest BCUT2D eigenvalue weighted by molar-refractivity contribution is 7.09. The maximum atomic E-state index is 5.27. The van der Waals surface area contributed by atoms with Crippen LogP contribution in [0.25, 0.3) is 0 Å². The van der Waals surface area contributed by atoms with Crippen LogP contribution in [0.5, 0.6) is 0 Å². The molecule has 0 aliphatic carbocycles. The molecule has 5 heteroatoms. The fourth-order valence-corrected chi connectivity index (χ4v) is 1.55. The van der Waals surface area contributed by atoms with Gasteiger partial charge < -0.3 is 10.1 Å². The molecule has 0 unspecified atom stereocenters. The summed E-state index contributed by atoms with van der Waals surface area (Å²) in [5, 5.41) is 3.96. The smallest absolute Gasteiger partial charge is 0.202 e. The molecule has 0 aliphatic rings. The van der Waals surface area contributed by atoms with E-state index in [2.05, 4.69) is 14.7 Å². The molecule has 13 heavy (non-hydrogen) atoms. The molecule has 0 saturated carbocycles. The van der Waals surface area contributed by atoms with E-state index in [-0.39, 0.29) is 0 Å². The van der Waals surface area contributed by atoms with E-state index in [0.29, 0.717) is 0 Å². The molecule has 74 valence electrons. The van der Waals surface area contributed by atoms with Crippen molar-refractivity contribution in [2.24, 2.45) is 0 Å². The summed E-state index contributed by atoms with van der Waals surface area (Å²) in [5.74, 6) is 0.732. The SMILES string of the molecule is CCNc1nc(C(C)(C)OC)ns1. The van der Waals surface area contributed by atoms with Crippen molar-refractivity contribution in [3.8, 4) is 0 Å². The van der Waals surface area contributed by atoms with E-state index in [0.717, 1.165) is 17.5 Å². The van der Waals surface area contributed by atoms with Gasteiger partial charge in [-0.2, -0.15) is 4.37 Å². The van der Waals surface area contributed by atoms with Crippen LogP contribution in [-0.4, -0.2) is 23.0 Å². The lowest BCUT2D eigenvalue weighted by Gasteiger charge is -2.18. The van der Waals surface area contributed by atoms with Crippen LogP contribution in [0.15, 0.2) is 0 Å². The van der Waals surface area contributed by atoms with Gasteiger partial charge in [0, 0.05) is 25.2 Å². The van der Waals surface area contributed by atoms with Crippen LogP contribution in [-0.2, 0) is 10.3 Å². The van der Waals surface area contributed by atoms with Crippen molar-refractivity contribution in [3.05, 3.63) is 5.82 Å². The van der Waals surface area contributed by atoms with Gasteiger partial charge in [0.1, 0.15) is 5.60 Å². The van der Waals surface area contributed by atoms with Gasteiger partial charge in [0.15, 0.2) is 5.82 Å². The third kappa shape index (κ3) is 2.38. The zero-order valence-corrected chi connectivity index (χ0v) is 9.23. The van der Waals surface area contributed by atoms with Crippen LogP contribution in [0, 0.1) is 0 Å². The Labute approximate surface area is 82.5 Å². The Morgan fingerprint density at radius 1 is 1.54 bits per heavy atom. The average molecular weight is 201 g/mol. The molecule has 1 rings (SSSR count). The maximum Gasteiger partial charge on any atom is 0.202 e. The third-order valence-electron chi connectivity index (χ3n) is 1.80. The van der Waals surface area contributed by atoms with Crippen molar-refractivity contribution >= 4 is 16.7 Å². The first-order chi connectivity index (χ1) is 6.10. The Hall–Kier alpha value is -0.680. The van der Waals surface area contributed by atoms with E-state index < -0.39 is 5.60 Å². The summed E-state index contributed by atoms with van der Waals surface area (Å²) in [6.45, 7) is 6.79. The first-order valence-corrected chi connectivity index (χ1v) is 5.00. The van der Waals surface area contributed by atoms with E-state index in [9.17, 15) is 0 Å². The van der Waals surface area contributed by atoms with Crippen molar-refractivity contribution in [2.75, 3.05) is 19.0 Å². The second-order valence-electron chi connectivity index (χ2n) is 3.17. The topological polar surface area (TPSA) is 47.0 Å². The van der Waals surface area contributed by atoms with Crippen molar-refractivity contribution in [1.29, 1.82) is 0 Å². The fourth-order valence-electron chi connectivity index (χ4n) is 0.782. The number of anilines is 1. The highest BCUT2D eigenvalue weighted by atomic mass is 32.1. The number of rotatable bonds is 4. The first kappa shape index (κ1) is 10.4. The summed E-state index contributed by atoms with van der Waals surface area (Å²) in [6, 6.07) is 0. The van der Waals surface area contributed by atoms with Gasteiger partial charge in [-0.25, -0.2) is 4.98 Å². The van der Waals surface area contributed by atoms with Gasteiger partial charge in [-0.15, -0.1) is 0 Å². The number of nitrogens with one attached hydrogen (secondary N) is 1. The number of hydrogen-bond acceptors (Lipinski definition) is 5. The molecule has 0 spiro atoms. The maximum absolute atomic E-state index is 5.27. The van der Waals surface area contributed by atoms with Gasteiger partial charge in [0.05, 0.1) is 0 Å². The first-order valence-electron chi connectivity index (χ1n) is 4.23. The third-order valence-corrected chi connectivity index (χ3v) is 2.48. The number of methoxy groups -OCH3 is 1. The molecule has 1 aromatic heterocycles. The molecule has 0 amide bonds. The number of aromatic nitrogens is 2. The summed E-state index contributed by atoms with van der Waals surface area (Å²) in [7, 11) is 1.66. The molecule has 0 atom stereocenters. The summed E-state index contributed by atoms with van der Waals surface area (Å²) in [5.41, 5.74) is -0.399. The highest BCUT2D eigenvalue weighted by Crippen LogP contribution is 2.23. The lowest BCUT2D eigenvalue weighted by atomic mass is 10.1. The molecule has 0 saturated heterocycles. The minimum atomic E-state index is -0.399. The van der Waals surface area contributed by atoms with Gasteiger partial charge >= 0.3 is 0 Å². The van der Waals surface area contributed by atoms with Crippen LogP contribution in [0.3, 0.4) is 0 Å². The second-order valence-corrected chi connectivity index (χ2v) is 3.92. The van der Waals surface area contributed by atoms with Crippen LogP contribution in [0.1, 0.15) is 26.6 Å². The summed E-state index contributed by atoms with van der Waals surface area (Å²) in [4.78, 5) is 4.31. The monoisotopic (exact) mass is 201 g/mol. The second kappa shape index (κ2) is 4.02. The van der Waals surface area contributed by atoms with Crippen LogP contribution >= 0.6 is 11.5 Å². The molecular weight excluding hydrogens is 186 g/mol. The standard InChI is InChI=1S/C8H15N3OS/c1-5-9-7-10-6(11-13-7)8(2,3)12-4/h5H2,1-4H3,(H,9,10,11). The van der Waals surface area contributed by atoms with E-state index in [1.807, 2.05) is 20.8 Å². The number of hydrogen-bond donors (Lipinski definition) is 1. The minimum absolute atomic E-state index is 0.399. The van der Waals surface area contributed by atoms with E-state index in [4.69, 9.17) is 4.74 Å². The van der Waals surface area contributed by atoms with Crippen LogP contribution < -0.4 is 5.32 Å². The van der Waals surface area contributed by atoms with Gasteiger partial charge in [-0.05, 0) is 20.8 Å². The van der Waals surface area contributed by atoms with Crippen molar-refractivity contribution in [3.63, 3.8) is 0 Å². The van der Waals surface area contributed by atoms with Gasteiger partial charge in [-0.3, -0.25) is 0 Å². The van der Waals surface area contributed by atoms with Gasteiger partial charge in [0.25, 0.3) is 0 Å². The number of nitrogens with zero attached hydrogens (tertiary/aromatic N) is 2. The normalized spacial score (nSPS) is 11.7. The molecule has 0 aromatic carbocycles. The Kier molecular flexibility index (Phi) is 3.22. The Morgan fingerprint density at radius 2 is 2.23 bits per heavy atom. The lowest BCUT2D eigenvalue weighted by molar-refractivity contribution is 0.0126. The van der Waals surface area contributed by atoms with Gasteiger partial charge in [0.2, 0.25) is 5.13 Å². The van der Waals surface area contributed by atoms with Crippen molar-refractivity contribution < 1.29 is 4.74 Å². The predicted molar refractivity (Wildman–Crippen MR) is 54.1 cm³/mol. The average Bonchev–Trinajstić information content (AvgIpc) is 2.54. The molecule has 4 nitrogen and oxygen atoms in total. The zero-order chi connectivity index (χ0) is 9.90. The zero-order valence-electron chi connectivity index (χ0n) is 8.42. The Balaban J connectivity index is 2.79. The Bertz CT molecular complexity index is 272. The van der Waals surface area contributed by atoms with Crippen molar-refractivity contribution in [2.45, 2.75) is 26.4 Å². The Morgan fingerprint density at radius 3 is 2.77 bits per heavy atom. The van der Waals surface area contributed by atoms with Crippen LogP contribution in [0.2, 0.25) is 0 Å². The van der Waals surface area contributed by atoms with Gasteiger partial charge in [-0.1, -0.05) is 0 Å². The molecule has 0 aliphatic heterocycles. The number of ether oxygens (including phenoxy) is 1. The molecule has 0 fully saturated rings. The van der Waals surface area contributed by atoms with E-state index in [1.54, 1.807) is 7.11 Å². The molecule has 1 aromatic rings. The van der Waals surface area contributed by atoms with E-state index in [1.165, 1.54) is 11.5 Å². The lowest BCUT2D eigenvalue weighted by Crippen LogP contribution is -2.21. The van der Waals surface area contributed by atoms with Crippen LogP contribution in [0.4, 0.5) is 5.13 Å².